The molecule has 0 bridgehead atoms. The van der Waals surface area contributed by atoms with E-state index in [0.29, 0.717) is 31.4 Å². The SMILES string of the molecule is CCOC(=O)CCc1ccc(C(CC)(CC)c2ccc(C=CC(OCOC)(C(F)(F)F)C(F)(F)F)c(C)c2)cc1C. The molecule has 4 nitrogen and oxygen atoms in total. The molecule has 0 saturated carbocycles. The summed E-state index contributed by atoms with van der Waals surface area (Å²) < 4.78 is 95.8. The average molecular weight is 589 g/mol. The number of hydrogen-bond acceptors (Lipinski definition) is 4. The molecule has 2 aromatic rings. The fraction of sp³-hybridized carbons (Fsp3) is 0.516. The summed E-state index contributed by atoms with van der Waals surface area (Å²) in [7, 11) is 0.941. The maximum Gasteiger partial charge on any atom is 0.430 e. The molecule has 0 aliphatic heterocycles. The first-order valence-electron chi connectivity index (χ1n) is 13.4. The molecule has 0 N–H and O–H groups in total. The lowest BCUT2D eigenvalue weighted by Gasteiger charge is -2.35. The van der Waals surface area contributed by atoms with Gasteiger partial charge in [-0.3, -0.25) is 4.79 Å². The predicted octanol–water partition coefficient (Wildman–Crippen LogP) is 8.40. The predicted molar refractivity (Wildman–Crippen MR) is 146 cm³/mol. The van der Waals surface area contributed by atoms with Gasteiger partial charge in [0, 0.05) is 18.9 Å². The molecule has 2 rings (SSSR count). The third-order valence-electron chi connectivity index (χ3n) is 7.57. The van der Waals surface area contributed by atoms with Gasteiger partial charge in [0.2, 0.25) is 0 Å². The lowest BCUT2D eigenvalue weighted by Crippen LogP contribution is -2.57. The fourth-order valence-electron chi connectivity index (χ4n) is 5.06. The van der Waals surface area contributed by atoms with E-state index < -0.39 is 30.2 Å². The quantitative estimate of drug-likeness (QED) is 0.134. The van der Waals surface area contributed by atoms with E-state index >= 15 is 0 Å². The van der Waals surface area contributed by atoms with E-state index in [4.69, 9.17) is 4.74 Å². The van der Waals surface area contributed by atoms with Crippen LogP contribution in [0.25, 0.3) is 6.08 Å². The summed E-state index contributed by atoms with van der Waals surface area (Å²) in [6.07, 6.45) is -8.53. The van der Waals surface area contributed by atoms with Crippen LogP contribution < -0.4 is 0 Å². The molecule has 41 heavy (non-hydrogen) atoms. The van der Waals surface area contributed by atoms with Crippen molar-refractivity contribution < 1.29 is 45.3 Å². The highest BCUT2D eigenvalue weighted by Crippen LogP contribution is 2.47. The van der Waals surface area contributed by atoms with Crippen molar-refractivity contribution in [3.8, 4) is 0 Å². The third-order valence-corrected chi connectivity index (χ3v) is 7.57. The number of carbonyl (C=O) groups excluding carboxylic acids is 1. The largest absolute Gasteiger partial charge is 0.466 e. The van der Waals surface area contributed by atoms with E-state index in [2.05, 4.69) is 15.5 Å². The number of benzene rings is 2. The minimum atomic E-state index is -5.77. The molecule has 10 heteroatoms. The molecule has 2 aromatic carbocycles. The Balaban J connectivity index is 2.49. The zero-order valence-corrected chi connectivity index (χ0v) is 24.3. The second-order valence-electron chi connectivity index (χ2n) is 9.92. The number of ether oxygens (including phenoxy) is 3. The zero-order chi connectivity index (χ0) is 31.1. The highest BCUT2D eigenvalue weighted by molar-refractivity contribution is 5.69. The first kappa shape index (κ1) is 34.4. The molecule has 0 radical (unpaired) electrons. The van der Waals surface area contributed by atoms with Crippen molar-refractivity contribution >= 4 is 12.0 Å². The molecule has 0 unspecified atom stereocenters. The first-order chi connectivity index (χ1) is 19.1. The minimum absolute atomic E-state index is 0.000697. The van der Waals surface area contributed by atoms with Gasteiger partial charge in [0.25, 0.3) is 5.60 Å². The van der Waals surface area contributed by atoms with Crippen LogP contribution in [0, 0.1) is 13.8 Å². The van der Waals surface area contributed by atoms with Crippen LogP contribution in [-0.4, -0.2) is 44.4 Å². The van der Waals surface area contributed by atoms with Gasteiger partial charge >= 0.3 is 18.3 Å². The molecule has 0 aromatic heterocycles. The van der Waals surface area contributed by atoms with Crippen molar-refractivity contribution in [3.05, 3.63) is 75.9 Å². The molecule has 0 atom stereocenters. The Morgan fingerprint density at radius 1 is 0.854 bits per heavy atom. The Morgan fingerprint density at radius 3 is 1.88 bits per heavy atom. The van der Waals surface area contributed by atoms with Crippen LogP contribution in [0.5, 0.6) is 0 Å². The van der Waals surface area contributed by atoms with Crippen LogP contribution in [0.1, 0.15) is 73.4 Å². The van der Waals surface area contributed by atoms with Gasteiger partial charge in [-0.05, 0) is 79.5 Å². The van der Waals surface area contributed by atoms with Gasteiger partial charge in [-0.15, -0.1) is 0 Å². The topological polar surface area (TPSA) is 44.8 Å². The van der Waals surface area contributed by atoms with Crippen LogP contribution in [0.3, 0.4) is 0 Å². The van der Waals surface area contributed by atoms with Gasteiger partial charge in [-0.1, -0.05) is 56.3 Å². The van der Waals surface area contributed by atoms with Gasteiger partial charge in [0.05, 0.1) is 6.61 Å². The second kappa shape index (κ2) is 13.9. The molecule has 0 fully saturated rings. The summed E-state index contributed by atoms with van der Waals surface area (Å²) >= 11 is 0. The van der Waals surface area contributed by atoms with Crippen molar-refractivity contribution in [2.24, 2.45) is 0 Å². The highest BCUT2D eigenvalue weighted by Gasteiger charge is 2.71. The summed E-state index contributed by atoms with van der Waals surface area (Å²) in [5, 5.41) is 0. The van der Waals surface area contributed by atoms with Gasteiger partial charge < -0.3 is 14.2 Å². The lowest BCUT2D eigenvalue weighted by atomic mass is 9.69. The number of rotatable bonds is 13. The first-order valence-corrected chi connectivity index (χ1v) is 13.4. The van der Waals surface area contributed by atoms with Crippen molar-refractivity contribution in [3.63, 3.8) is 0 Å². The third kappa shape index (κ3) is 7.52. The smallest absolute Gasteiger partial charge is 0.430 e. The highest BCUT2D eigenvalue weighted by atomic mass is 19.4. The van der Waals surface area contributed by atoms with Crippen molar-refractivity contribution in [2.75, 3.05) is 20.5 Å². The maximum atomic E-state index is 13.7. The fourth-order valence-corrected chi connectivity index (χ4v) is 5.06. The molecule has 0 saturated heterocycles. The average Bonchev–Trinajstić information content (AvgIpc) is 2.89. The number of hydrogen-bond donors (Lipinski definition) is 0. The number of esters is 1. The Hall–Kier alpha value is -2.85. The van der Waals surface area contributed by atoms with E-state index in [1.165, 1.54) is 6.07 Å². The zero-order valence-electron chi connectivity index (χ0n) is 24.3. The molecular weight excluding hydrogens is 550 g/mol. The van der Waals surface area contributed by atoms with Crippen molar-refractivity contribution in [1.29, 1.82) is 0 Å². The van der Waals surface area contributed by atoms with E-state index in [9.17, 15) is 31.1 Å². The molecule has 0 heterocycles. The summed E-state index contributed by atoms with van der Waals surface area (Å²) in [6, 6.07) is 11.1. The molecule has 228 valence electrons. The monoisotopic (exact) mass is 588 g/mol. The van der Waals surface area contributed by atoms with Crippen LogP contribution in [-0.2, 0) is 30.8 Å². The Kier molecular flexibility index (Phi) is 11.6. The standard InChI is InChI=1S/C31H38F6O4/c1-7-28(8-2,25-13-10-23(21(4)18-25)12-15-27(38)40-9-3)26-14-11-24(22(5)19-26)16-17-29(30(32,33)34,31(35,36)37)41-20-39-6/h10-11,13-14,16-19H,7-9,12,15,20H2,1-6H3. The van der Waals surface area contributed by atoms with E-state index in [1.54, 1.807) is 26.0 Å². The van der Waals surface area contributed by atoms with Crippen molar-refractivity contribution in [1.82, 2.24) is 0 Å². The number of methoxy groups -OCH3 is 1. The van der Waals surface area contributed by atoms with Gasteiger partial charge in [0.15, 0.2) is 0 Å². The van der Waals surface area contributed by atoms with Crippen molar-refractivity contribution in [2.45, 2.75) is 83.7 Å². The molecule has 0 amide bonds. The minimum Gasteiger partial charge on any atom is -0.466 e. The van der Waals surface area contributed by atoms with Crippen LogP contribution in [0.15, 0.2) is 42.5 Å². The number of halogens is 6. The van der Waals surface area contributed by atoms with E-state index in [0.717, 1.165) is 35.4 Å². The van der Waals surface area contributed by atoms with Crippen LogP contribution in [0.2, 0.25) is 0 Å². The molecule has 0 aliphatic carbocycles. The van der Waals surface area contributed by atoms with E-state index in [-0.39, 0.29) is 24.0 Å². The Morgan fingerprint density at radius 2 is 1.41 bits per heavy atom. The Bertz CT molecular complexity index is 1180. The molecule has 0 aliphatic rings. The lowest BCUT2D eigenvalue weighted by molar-refractivity contribution is -0.372. The maximum absolute atomic E-state index is 13.7. The normalized spacial score (nSPS) is 13.2. The summed E-state index contributed by atoms with van der Waals surface area (Å²) in [5.41, 5.74) is -0.301. The second-order valence-corrected chi connectivity index (χ2v) is 9.92. The van der Waals surface area contributed by atoms with Crippen LogP contribution in [0.4, 0.5) is 26.3 Å². The summed E-state index contributed by atoms with van der Waals surface area (Å²) in [4.78, 5) is 11.8. The van der Waals surface area contributed by atoms with Crippen LogP contribution >= 0.6 is 0 Å². The van der Waals surface area contributed by atoms with E-state index in [1.807, 2.05) is 32.9 Å². The summed E-state index contributed by atoms with van der Waals surface area (Å²) in [6.45, 7) is 8.56. The Labute approximate surface area is 237 Å². The summed E-state index contributed by atoms with van der Waals surface area (Å²) in [5.74, 6) is -0.259. The van der Waals surface area contributed by atoms with Gasteiger partial charge in [-0.25, -0.2) is 0 Å². The number of carbonyl (C=O) groups is 1. The number of aryl methyl sites for hydroxylation is 3. The van der Waals surface area contributed by atoms with Gasteiger partial charge in [-0.2, -0.15) is 26.3 Å². The molecule has 0 spiro atoms. The van der Waals surface area contributed by atoms with Gasteiger partial charge in [0.1, 0.15) is 6.79 Å². The molecular formula is C31H38F6O4. The number of alkyl halides is 6.